The Labute approximate surface area is 179 Å². The van der Waals surface area contributed by atoms with Crippen LogP contribution in [0.3, 0.4) is 0 Å². The van der Waals surface area contributed by atoms with E-state index in [9.17, 15) is 25.0 Å². The summed E-state index contributed by atoms with van der Waals surface area (Å²) in [6, 6.07) is 6.89. The van der Waals surface area contributed by atoms with Crippen molar-refractivity contribution in [2.45, 2.75) is 57.5 Å². The first-order valence-electron chi connectivity index (χ1n) is 10.1. The zero-order valence-electron chi connectivity index (χ0n) is 17.7. The number of carbonyl (C=O) groups excluding carboxylic acids is 1. The summed E-state index contributed by atoms with van der Waals surface area (Å²) in [5.41, 5.74) is -0.809. The molecule has 9 heteroatoms. The summed E-state index contributed by atoms with van der Waals surface area (Å²) in [4.78, 5) is 37.4. The lowest BCUT2D eigenvalue weighted by Gasteiger charge is -2.43. The van der Waals surface area contributed by atoms with E-state index in [1.807, 2.05) is 26.0 Å². The number of aromatic nitrogens is 1. The standard InChI is InChI=1S/C22H25N3O6/c1-21(2,16-4-8-22(3,9-5-16)17-6-10-23-11-7-17)31-20(26)15-12-18(24(27)28)14-19(13-15)25(29)30/h6-7,10-14,16H,4-5,8-9H2,1-3H3. The van der Waals surface area contributed by atoms with Gasteiger partial charge in [0.15, 0.2) is 0 Å². The van der Waals surface area contributed by atoms with E-state index in [0.29, 0.717) is 0 Å². The van der Waals surface area contributed by atoms with Gasteiger partial charge in [0.25, 0.3) is 11.4 Å². The molecule has 164 valence electrons. The maximum atomic E-state index is 12.7. The highest BCUT2D eigenvalue weighted by Crippen LogP contribution is 2.45. The van der Waals surface area contributed by atoms with Crippen LogP contribution in [0.1, 0.15) is 62.4 Å². The minimum Gasteiger partial charge on any atom is -0.456 e. The van der Waals surface area contributed by atoms with Gasteiger partial charge in [-0.25, -0.2) is 4.79 Å². The maximum absolute atomic E-state index is 12.7. The molecule has 0 amide bonds. The van der Waals surface area contributed by atoms with Crippen LogP contribution in [0, 0.1) is 26.1 Å². The molecule has 1 aliphatic carbocycles. The van der Waals surface area contributed by atoms with Gasteiger partial charge in [0.2, 0.25) is 0 Å². The van der Waals surface area contributed by atoms with Crippen molar-refractivity contribution < 1.29 is 19.4 Å². The second-order valence-corrected chi connectivity index (χ2v) is 8.82. The molecule has 1 saturated carbocycles. The predicted octanol–water partition coefficient (Wildman–Crippen LogP) is 4.98. The topological polar surface area (TPSA) is 125 Å². The fourth-order valence-corrected chi connectivity index (χ4v) is 4.30. The van der Waals surface area contributed by atoms with Gasteiger partial charge in [0, 0.05) is 24.5 Å². The Bertz CT molecular complexity index is 965. The summed E-state index contributed by atoms with van der Waals surface area (Å²) in [7, 11) is 0. The highest BCUT2D eigenvalue weighted by molar-refractivity contribution is 5.91. The zero-order valence-corrected chi connectivity index (χ0v) is 17.7. The summed E-state index contributed by atoms with van der Waals surface area (Å²) in [6.07, 6.45) is 7.10. The van der Waals surface area contributed by atoms with Gasteiger partial charge in [-0.1, -0.05) is 6.92 Å². The average molecular weight is 427 g/mol. The Morgan fingerprint density at radius 3 is 2.06 bits per heavy atom. The van der Waals surface area contributed by atoms with E-state index in [1.165, 1.54) is 5.56 Å². The number of rotatable bonds is 6. The second-order valence-electron chi connectivity index (χ2n) is 8.82. The van der Waals surface area contributed by atoms with Gasteiger partial charge in [-0.05, 0) is 68.6 Å². The summed E-state index contributed by atoms with van der Waals surface area (Å²) >= 11 is 0. The molecule has 1 aromatic heterocycles. The van der Waals surface area contributed by atoms with Crippen LogP contribution in [-0.2, 0) is 10.2 Å². The van der Waals surface area contributed by atoms with E-state index in [4.69, 9.17) is 4.74 Å². The fraction of sp³-hybridized carbons (Fsp3) is 0.455. The van der Waals surface area contributed by atoms with Gasteiger partial charge in [0.05, 0.1) is 21.5 Å². The molecule has 2 aromatic rings. The van der Waals surface area contributed by atoms with Crippen molar-refractivity contribution in [1.82, 2.24) is 4.98 Å². The van der Waals surface area contributed by atoms with Gasteiger partial charge in [-0.3, -0.25) is 25.2 Å². The first kappa shape index (κ1) is 22.3. The summed E-state index contributed by atoms with van der Waals surface area (Å²) < 4.78 is 5.71. The molecule has 0 aliphatic heterocycles. The molecular weight excluding hydrogens is 402 g/mol. The lowest BCUT2D eigenvalue weighted by molar-refractivity contribution is -0.394. The normalized spacial score (nSPS) is 21.3. The number of esters is 1. The quantitative estimate of drug-likeness (QED) is 0.361. The Balaban J connectivity index is 1.73. The summed E-state index contributed by atoms with van der Waals surface area (Å²) in [5.74, 6) is -0.709. The molecule has 1 fully saturated rings. The first-order chi connectivity index (χ1) is 14.5. The highest BCUT2D eigenvalue weighted by atomic mass is 16.6. The highest BCUT2D eigenvalue weighted by Gasteiger charge is 2.41. The number of nitrogens with zero attached hydrogens (tertiary/aromatic N) is 3. The molecule has 31 heavy (non-hydrogen) atoms. The Morgan fingerprint density at radius 1 is 1.06 bits per heavy atom. The largest absolute Gasteiger partial charge is 0.456 e. The number of carbonyl (C=O) groups is 1. The number of hydrogen-bond acceptors (Lipinski definition) is 7. The number of benzene rings is 1. The molecule has 0 atom stereocenters. The van der Waals surface area contributed by atoms with Crippen molar-refractivity contribution >= 4 is 17.3 Å². The number of pyridine rings is 1. The number of nitro groups is 2. The molecule has 0 saturated heterocycles. The molecule has 0 unspecified atom stereocenters. The molecule has 3 rings (SSSR count). The van der Waals surface area contributed by atoms with Crippen LogP contribution >= 0.6 is 0 Å². The van der Waals surface area contributed by atoms with E-state index in [1.54, 1.807) is 12.4 Å². The molecule has 0 spiro atoms. The van der Waals surface area contributed by atoms with Crippen LogP contribution in [-0.4, -0.2) is 26.4 Å². The van der Waals surface area contributed by atoms with Gasteiger partial charge in [-0.15, -0.1) is 0 Å². The molecule has 1 heterocycles. The third-order valence-corrected chi connectivity index (χ3v) is 6.37. The van der Waals surface area contributed by atoms with Crippen molar-refractivity contribution in [1.29, 1.82) is 0 Å². The van der Waals surface area contributed by atoms with Crippen LogP contribution in [0.25, 0.3) is 0 Å². The zero-order chi connectivity index (χ0) is 22.8. The van der Waals surface area contributed by atoms with Crippen LogP contribution in [0.4, 0.5) is 11.4 Å². The lowest BCUT2D eigenvalue weighted by Crippen LogP contribution is -2.41. The average Bonchev–Trinajstić information content (AvgIpc) is 2.74. The SMILES string of the molecule is CC1(c2ccncc2)CCC(C(C)(C)OC(=O)c2cc([N+](=O)[O-])cc([N+](=O)[O-])c2)CC1. The molecule has 0 bridgehead atoms. The molecule has 1 aliphatic rings. The number of hydrogen-bond donors (Lipinski definition) is 0. The smallest absolute Gasteiger partial charge is 0.339 e. The van der Waals surface area contributed by atoms with Gasteiger partial charge < -0.3 is 4.74 Å². The minimum absolute atomic E-state index is 0.0280. The van der Waals surface area contributed by atoms with E-state index in [2.05, 4.69) is 11.9 Å². The Hall–Kier alpha value is -3.36. The van der Waals surface area contributed by atoms with Crippen LogP contribution in [0.5, 0.6) is 0 Å². The third kappa shape index (κ3) is 4.87. The lowest BCUT2D eigenvalue weighted by atomic mass is 9.65. The van der Waals surface area contributed by atoms with Gasteiger partial charge in [-0.2, -0.15) is 0 Å². The Morgan fingerprint density at radius 2 is 1.58 bits per heavy atom. The monoisotopic (exact) mass is 427 g/mol. The van der Waals surface area contributed by atoms with E-state index in [-0.39, 0.29) is 16.9 Å². The maximum Gasteiger partial charge on any atom is 0.339 e. The molecule has 9 nitrogen and oxygen atoms in total. The Kier molecular flexibility index (Phi) is 6.06. The third-order valence-electron chi connectivity index (χ3n) is 6.37. The molecule has 0 N–H and O–H groups in total. The van der Waals surface area contributed by atoms with E-state index in [0.717, 1.165) is 43.9 Å². The van der Waals surface area contributed by atoms with E-state index >= 15 is 0 Å². The predicted molar refractivity (Wildman–Crippen MR) is 113 cm³/mol. The number of nitro benzene ring substituents is 2. The van der Waals surface area contributed by atoms with Crippen LogP contribution < -0.4 is 0 Å². The van der Waals surface area contributed by atoms with Crippen molar-refractivity contribution in [2.24, 2.45) is 5.92 Å². The second kappa shape index (κ2) is 8.41. The molecular formula is C22H25N3O6. The van der Waals surface area contributed by atoms with Crippen molar-refractivity contribution in [3.63, 3.8) is 0 Å². The minimum atomic E-state index is -0.823. The molecule has 1 aromatic carbocycles. The van der Waals surface area contributed by atoms with Gasteiger partial charge in [0.1, 0.15) is 5.60 Å². The summed E-state index contributed by atoms with van der Waals surface area (Å²) in [5, 5.41) is 22.2. The number of non-ortho nitro benzene ring substituents is 2. The van der Waals surface area contributed by atoms with Gasteiger partial charge >= 0.3 is 5.97 Å². The van der Waals surface area contributed by atoms with E-state index < -0.39 is 32.8 Å². The first-order valence-corrected chi connectivity index (χ1v) is 10.1. The summed E-state index contributed by atoms with van der Waals surface area (Å²) in [6.45, 7) is 5.85. The van der Waals surface area contributed by atoms with Crippen LogP contribution in [0.2, 0.25) is 0 Å². The van der Waals surface area contributed by atoms with Crippen molar-refractivity contribution in [3.8, 4) is 0 Å². The number of ether oxygens (including phenoxy) is 1. The van der Waals surface area contributed by atoms with Crippen molar-refractivity contribution in [3.05, 3.63) is 74.1 Å². The van der Waals surface area contributed by atoms with Crippen LogP contribution in [0.15, 0.2) is 42.7 Å². The fourth-order valence-electron chi connectivity index (χ4n) is 4.30. The van der Waals surface area contributed by atoms with Crippen molar-refractivity contribution in [2.75, 3.05) is 0 Å². The molecule has 0 radical (unpaired) electrons.